The van der Waals surface area contributed by atoms with Crippen molar-refractivity contribution in [1.82, 2.24) is 15.2 Å². The van der Waals surface area contributed by atoms with Crippen LogP contribution in [0.2, 0.25) is 0 Å². The van der Waals surface area contributed by atoms with Crippen molar-refractivity contribution in [3.63, 3.8) is 0 Å². The third kappa shape index (κ3) is 6.81. The molecule has 1 aliphatic carbocycles. The molecule has 2 N–H and O–H groups in total. The van der Waals surface area contributed by atoms with Crippen LogP contribution in [0.25, 0.3) is 11.3 Å². The lowest BCUT2D eigenvalue weighted by Gasteiger charge is -2.14. The number of hydrogen-bond acceptors (Lipinski definition) is 6. The van der Waals surface area contributed by atoms with E-state index in [-0.39, 0.29) is 43.9 Å². The maximum absolute atomic E-state index is 12.3. The Morgan fingerprint density at radius 2 is 1.65 bits per heavy atom. The van der Waals surface area contributed by atoms with Gasteiger partial charge in [0.25, 0.3) is 6.73 Å². The fraction of sp³-hybridized carbons (Fsp3) is 0.556. The number of nitrogens with one attached hydrogen (secondary N) is 2. The van der Waals surface area contributed by atoms with E-state index < -0.39 is 12.2 Å². The molecule has 10 nitrogen and oxygen atoms in total. The Balaban J connectivity index is 1.64. The molecule has 2 aliphatic rings. The number of alkyl carbamates (subject to hydrolysis) is 2. The van der Waals surface area contributed by atoms with Crippen LogP contribution >= 0.6 is 0 Å². The largest absolute Gasteiger partial charge is 0.445 e. The van der Waals surface area contributed by atoms with Crippen molar-refractivity contribution in [2.24, 2.45) is 5.92 Å². The second kappa shape index (κ2) is 11.7. The van der Waals surface area contributed by atoms with Gasteiger partial charge in [-0.2, -0.15) is 4.57 Å². The topological polar surface area (TPSA) is 112 Å². The number of amides is 2. The van der Waals surface area contributed by atoms with Gasteiger partial charge < -0.3 is 29.4 Å². The van der Waals surface area contributed by atoms with E-state index in [9.17, 15) is 14.4 Å². The van der Waals surface area contributed by atoms with Crippen LogP contribution in [0.3, 0.4) is 0 Å². The monoisotopic (exact) mass is 513 g/mol. The number of hydrogen-bond donors (Lipinski definition) is 2. The van der Waals surface area contributed by atoms with Gasteiger partial charge in [0.2, 0.25) is 0 Å². The maximum Gasteiger partial charge on any atom is 0.407 e. The molecule has 0 aromatic carbocycles. The number of fused-ring (bicyclic) bond motifs is 1. The molecule has 2 aromatic rings. The number of esters is 1. The highest BCUT2D eigenvalue weighted by Crippen LogP contribution is 2.37. The maximum atomic E-state index is 12.3. The summed E-state index contributed by atoms with van der Waals surface area (Å²) in [6.45, 7) is 8.51. The molecule has 0 atom stereocenters. The minimum Gasteiger partial charge on any atom is -0.445 e. The fourth-order valence-corrected chi connectivity index (χ4v) is 4.52. The first-order valence-electron chi connectivity index (χ1n) is 13.0. The van der Waals surface area contributed by atoms with Gasteiger partial charge in [-0.3, -0.25) is 4.79 Å². The van der Waals surface area contributed by atoms with Gasteiger partial charge in [0.05, 0.1) is 17.2 Å². The van der Waals surface area contributed by atoms with Gasteiger partial charge in [0, 0.05) is 41.5 Å². The summed E-state index contributed by atoms with van der Waals surface area (Å²) in [7, 11) is 0. The second-order valence-electron chi connectivity index (χ2n) is 10.2. The van der Waals surface area contributed by atoms with Gasteiger partial charge in [-0.25, -0.2) is 9.59 Å². The highest BCUT2D eigenvalue weighted by Gasteiger charge is 2.32. The molecule has 1 aliphatic heterocycles. The van der Waals surface area contributed by atoms with Gasteiger partial charge >= 0.3 is 18.2 Å². The van der Waals surface area contributed by atoms with Crippen molar-refractivity contribution < 1.29 is 33.2 Å². The minimum atomic E-state index is -0.508. The van der Waals surface area contributed by atoms with Crippen molar-refractivity contribution in [3.8, 4) is 11.3 Å². The van der Waals surface area contributed by atoms with Gasteiger partial charge in [-0.15, -0.1) is 0 Å². The average Bonchev–Trinajstić information content (AvgIpc) is 3.51. The zero-order valence-electron chi connectivity index (χ0n) is 22.0. The summed E-state index contributed by atoms with van der Waals surface area (Å²) in [5.74, 6) is -0.125. The first-order valence-corrected chi connectivity index (χ1v) is 13.0. The SMILES string of the molecule is CC(C)NC(=O)OCc1c(COC(=O)NC(C)C)c(-c2ccc[n+](COC(=O)C3CC3)c2)n2c1CCC2. The molecule has 37 heavy (non-hydrogen) atoms. The predicted molar refractivity (Wildman–Crippen MR) is 134 cm³/mol. The molecular formula is C27H37N4O6+. The van der Waals surface area contributed by atoms with Gasteiger partial charge in [-0.1, -0.05) is 0 Å². The average molecular weight is 514 g/mol. The summed E-state index contributed by atoms with van der Waals surface area (Å²) in [6.07, 6.45) is 6.37. The van der Waals surface area contributed by atoms with Crippen molar-refractivity contribution in [2.45, 2.75) is 92.0 Å². The van der Waals surface area contributed by atoms with E-state index in [2.05, 4.69) is 15.2 Å². The van der Waals surface area contributed by atoms with Crippen LogP contribution in [0.1, 0.15) is 63.8 Å². The Labute approximate surface area is 217 Å². The van der Waals surface area contributed by atoms with Crippen LogP contribution in [0.15, 0.2) is 24.5 Å². The van der Waals surface area contributed by atoms with Gasteiger partial charge in [-0.05, 0) is 59.4 Å². The highest BCUT2D eigenvalue weighted by atomic mass is 16.6. The molecule has 10 heteroatoms. The first-order chi connectivity index (χ1) is 17.7. The van der Waals surface area contributed by atoms with Crippen LogP contribution in [-0.4, -0.2) is 34.8 Å². The van der Waals surface area contributed by atoms with Crippen molar-refractivity contribution >= 4 is 18.2 Å². The molecule has 0 saturated heterocycles. The van der Waals surface area contributed by atoms with E-state index in [0.717, 1.165) is 60.3 Å². The van der Waals surface area contributed by atoms with E-state index in [4.69, 9.17) is 14.2 Å². The highest BCUT2D eigenvalue weighted by molar-refractivity contribution is 5.74. The quantitative estimate of drug-likeness (QED) is 0.285. The van der Waals surface area contributed by atoms with Crippen molar-refractivity contribution in [1.29, 1.82) is 0 Å². The van der Waals surface area contributed by atoms with E-state index in [1.165, 1.54) is 0 Å². The molecule has 0 bridgehead atoms. The normalized spacial score (nSPS) is 14.4. The van der Waals surface area contributed by atoms with Crippen LogP contribution in [-0.2, 0) is 51.9 Å². The third-order valence-electron chi connectivity index (χ3n) is 6.30. The lowest BCUT2D eigenvalue weighted by Crippen LogP contribution is -2.35. The Bertz CT molecular complexity index is 1150. The molecule has 4 rings (SSSR count). The summed E-state index contributed by atoms with van der Waals surface area (Å²) < 4.78 is 20.7. The van der Waals surface area contributed by atoms with E-state index in [1.807, 2.05) is 56.8 Å². The molecule has 0 spiro atoms. The number of rotatable bonds is 10. The Morgan fingerprint density at radius 1 is 1.00 bits per heavy atom. The molecule has 0 radical (unpaired) electrons. The molecule has 0 unspecified atom stereocenters. The second-order valence-corrected chi connectivity index (χ2v) is 10.2. The minimum absolute atomic E-state index is 0.0317. The molecular weight excluding hydrogens is 476 g/mol. The van der Waals surface area contributed by atoms with E-state index in [1.54, 1.807) is 0 Å². The number of nitrogens with zero attached hydrogens (tertiary/aromatic N) is 2. The zero-order chi connectivity index (χ0) is 26.5. The molecule has 2 aromatic heterocycles. The number of aromatic nitrogens is 2. The Morgan fingerprint density at radius 3 is 2.27 bits per heavy atom. The lowest BCUT2D eigenvalue weighted by atomic mass is 10.0. The number of pyridine rings is 1. The standard InChI is InChI=1S/C27H36N4O6/c1-17(2)28-26(33)35-14-21-22(15-36-27(34)29-18(3)4)24(31-12-6-8-23(21)31)20-7-5-11-30(13-20)16-37-25(32)19-9-10-19/h5,7,11,13,17-19H,6,8-10,12,14-16H2,1-4H3,(H-,28,29,33,34)/p+1. The van der Waals surface area contributed by atoms with Crippen LogP contribution < -0.4 is 15.2 Å². The summed E-state index contributed by atoms with van der Waals surface area (Å²) in [5.41, 5.74) is 4.55. The molecule has 3 heterocycles. The zero-order valence-corrected chi connectivity index (χ0v) is 22.0. The van der Waals surface area contributed by atoms with Crippen molar-refractivity contribution in [2.75, 3.05) is 0 Å². The summed E-state index contributed by atoms with van der Waals surface area (Å²) in [5, 5.41) is 5.49. The molecule has 2 amide bonds. The summed E-state index contributed by atoms with van der Waals surface area (Å²) in [6, 6.07) is 3.78. The predicted octanol–water partition coefficient (Wildman–Crippen LogP) is 3.57. The molecule has 200 valence electrons. The number of carbonyl (C=O) groups excluding carboxylic acids is 3. The van der Waals surface area contributed by atoms with Crippen LogP contribution in [0, 0.1) is 5.92 Å². The van der Waals surface area contributed by atoms with E-state index >= 15 is 0 Å². The smallest absolute Gasteiger partial charge is 0.407 e. The summed E-state index contributed by atoms with van der Waals surface area (Å²) >= 11 is 0. The Hall–Kier alpha value is -3.56. The van der Waals surface area contributed by atoms with E-state index in [0.29, 0.717) is 0 Å². The lowest BCUT2D eigenvalue weighted by molar-refractivity contribution is -0.727. The Kier molecular flexibility index (Phi) is 8.35. The van der Waals surface area contributed by atoms with Crippen molar-refractivity contribution in [3.05, 3.63) is 41.3 Å². The molecule has 1 saturated carbocycles. The summed E-state index contributed by atoms with van der Waals surface area (Å²) in [4.78, 5) is 36.6. The van der Waals surface area contributed by atoms with Crippen LogP contribution in [0.4, 0.5) is 9.59 Å². The van der Waals surface area contributed by atoms with Crippen LogP contribution in [0.5, 0.6) is 0 Å². The molecule has 1 fully saturated rings. The first kappa shape index (κ1) is 26.5. The number of carbonyl (C=O) groups is 3. The third-order valence-corrected chi connectivity index (χ3v) is 6.30. The van der Waals surface area contributed by atoms with Gasteiger partial charge in [0.15, 0.2) is 12.4 Å². The fourth-order valence-electron chi connectivity index (χ4n) is 4.52. The van der Waals surface area contributed by atoms with Gasteiger partial charge in [0.1, 0.15) is 13.2 Å². The number of ether oxygens (including phenoxy) is 3.